The van der Waals surface area contributed by atoms with Gasteiger partial charge < -0.3 is 15.3 Å². The minimum Gasteiger partial charge on any atom is -0.478 e. The summed E-state index contributed by atoms with van der Waals surface area (Å²) in [4.78, 5) is 25.0. The molecule has 2 N–H and O–H groups in total. The van der Waals surface area contributed by atoms with Crippen molar-refractivity contribution in [3.63, 3.8) is 0 Å². The second kappa shape index (κ2) is 6.64. The number of hydrogen-bond acceptors (Lipinski definition) is 2. The van der Waals surface area contributed by atoms with E-state index in [1.54, 1.807) is 12.1 Å². The number of terminal acetylenes is 1. The molecule has 0 spiro atoms. The molecular weight excluding hydrogens is 336 g/mol. The van der Waals surface area contributed by atoms with Crippen molar-refractivity contribution < 1.29 is 14.7 Å². The van der Waals surface area contributed by atoms with Crippen LogP contribution < -0.4 is 5.32 Å². The van der Waals surface area contributed by atoms with Gasteiger partial charge in [-0.25, -0.2) is 9.59 Å². The molecule has 21 heavy (non-hydrogen) atoms. The molecule has 1 saturated carbocycles. The summed E-state index contributed by atoms with van der Waals surface area (Å²) in [7, 11) is 0. The van der Waals surface area contributed by atoms with E-state index in [9.17, 15) is 9.59 Å². The fourth-order valence-corrected chi connectivity index (χ4v) is 2.30. The van der Waals surface area contributed by atoms with E-state index in [4.69, 9.17) is 11.5 Å². The van der Waals surface area contributed by atoms with Crippen molar-refractivity contribution in [2.45, 2.75) is 12.8 Å². The Hall–Kier alpha value is -2.00. The largest absolute Gasteiger partial charge is 0.478 e. The zero-order valence-corrected chi connectivity index (χ0v) is 12.9. The summed E-state index contributed by atoms with van der Waals surface area (Å²) in [5, 5.41) is 11.8. The Bertz CT molecular complexity index is 605. The highest BCUT2D eigenvalue weighted by Crippen LogP contribution is 2.30. The van der Waals surface area contributed by atoms with Crippen molar-refractivity contribution in [2.24, 2.45) is 5.92 Å². The van der Waals surface area contributed by atoms with E-state index in [1.807, 2.05) is 0 Å². The van der Waals surface area contributed by atoms with Gasteiger partial charge in [-0.2, -0.15) is 0 Å². The molecule has 0 aromatic heterocycles. The fourth-order valence-electron chi connectivity index (χ4n) is 1.94. The lowest BCUT2D eigenvalue weighted by atomic mass is 10.2. The van der Waals surface area contributed by atoms with E-state index >= 15 is 0 Å². The van der Waals surface area contributed by atoms with E-state index in [0.29, 0.717) is 16.9 Å². The summed E-state index contributed by atoms with van der Waals surface area (Å²) in [5.74, 6) is 1.87. The number of carboxylic acid groups (broad SMARTS) is 1. The summed E-state index contributed by atoms with van der Waals surface area (Å²) in [6.45, 7) is 0.811. The number of halogens is 1. The number of nitrogens with one attached hydrogen (secondary N) is 1. The first kappa shape index (κ1) is 15.4. The number of rotatable bonds is 5. The number of carboxylic acids is 1. The van der Waals surface area contributed by atoms with E-state index in [0.717, 1.165) is 12.8 Å². The number of hydrogen-bond donors (Lipinski definition) is 2. The van der Waals surface area contributed by atoms with Crippen LogP contribution in [-0.4, -0.2) is 35.1 Å². The van der Waals surface area contributed by atoms with Crippen molar-refractivity contribution in [2.75, 3.05) is 18.4 Å². The molecule has 2 amide bonds. The lowest BCUT2D eigenvalue weighted by molar-refractivity contribution is 0.0698. The van der Waals surface area contributed by atoms with Gasteiger partial charge >= 0.3 is 12.0 Å². The maximum Gasteiger partial charge on any atom is 0.337 e. The SMILES string of the molecule is C#CCN(CC1CC1)C(=O)Nc1cc(Br)ccc1C(=O)O. The smallest absolute Gasteiger partial charge is 0.337 e. The number of amides is 2. The molecule has 0 atom stereocenters. The Morgan fingerprint density at radius 2 is 2.19 bits per heavy atom. The highest BCUT2D eigenvalue weighted by molar-refractivity contribution is 9.10. The summed E-state index contributed by atoms with van der Waals surface area (Å²) < 4.78 is 0.688. The maximum atomic E-state index is 12.3. The van der Waals surface area contributed by atoms with Gasteiger partial charge in [-0.1, -0.05) is 21.9 Å². The number of aromatic carboxylic acids is 1. The number of urea groups is 1. The van der Waals surface area contributed by atoms with Crippen molar-refractivity contribution >= 4 is 33.6 Å². The fraction of sp³-hybridized carbons (Fsp3) is 0.333. The monoisotopic (exact) mass is 350 g/mol. The minimum atomic E-state index is -1.09. The summed E-state index contributed by atoms with van der Waals surface area (Å²) in [5.41, 5.74) is 0.290. The zero-order chi connectivity index (χ0) is 15.4. The number of benzene rings is 1. The Labute approximate surface area is 131 Å². The number of anilines is 1. The van der Waals surface area contributed by atoms with Crippen LogP contribution in [0.1, 0.15) is 23.2 Å². The molecule has 1 aromatic rings. The topological polar surface area (TPSA) is 69.6 Å². The standard InChI is InChI=1S/C15H15BrN2O3/c1-2-7-18(9-10-3-4-10)15(21)17-13-8-11(16)5-6-12(13)14(19)20/h1,5-6,8,10H,3-4,7,9H2,(H,17,21)(H,19,20). The average molecular weight is 351 g/mol. The Morgan fingerprint density at radius 3 is 2.76 bits per heavy atom. The molecule has 0 unspecified atom stereocenters. The van der Waals surface area contributed by atoms with Gasteiger partial charge in [-0.3, -0.25) is 0 Å². The second-order valence-corrected chi connectivity index (χ2v) is 5.87. The van der Waals surface area contributed by atoms with E-state index in [-0.39, 0.29) is 23.8 Å². The molecule has 0 bridgehead atoms. The predicted octanol–water partition coefficient (Wildman–Crippen LogP) is 3.02. The first-order chi connectivity index (χ1) is 10.0. The van der Waals surface area contributed by atoms with Gasteiger partial charge in [0.25, 0.3) is 0 Å². The predicted molar refractivity (Wildman–Crippen MR) is 83.3 cm³/mol. The molecule has 1 fully saturated rings. The van der Waals surface area contributed by atoms with E-state index < -0.39 is 5.97 Å². The molecule has 2 rings (SSSR count). The third-order valence-electron chi connectivity index (χ3n) is 3.20. The Kier molecular flexibility index (Phi) is 4.86. The Morgan fingerprint density at radius 1 is 1.48 bits per heavy atom. The molecule has 110 valence electrons. The Balaban J connectivity index is 2.15. The molecule has 0 aliphatic heterocycles. The molecule has 0 radical (unpaired) electrons. The first-order valence-corrected chi connectivity index (χ1v) is 7.32. The molecule has 0 heterocycles. The van der Waals surface area contributed by atoms with Gasteiger partial charge in [-0.05, 0) is 37.0 Å². The molecule has 5 nitrogen and oxygen atoms in total. The zero-order valence-electron chi connectivity index (χ0n) is 11.3. The van der Waals surface area contributed by atoms with Crippen LogP contribution in [0, 0.1) is 18.3 Å². The van der Waals surface area contributed by atoms with Gasteiger partial charge in [-0.15, -0.1) is 6.42 Å². The summed E-state index contributed by atoms with van der Waals surface area (Å²) in [6.07, 6.45) is 7.49. The third-order valence-corrected chi connectivity index (χ3v) is 3.69. The quantitative estimate of drug-likeness (QED) is 0.802. The summed E-state index contributed by atoms with van der Waals surface area (Å²) in [6, 6.07) is 4.24. The molecular formula is C15H15BrN2O3. The van der Waals surface area contributed by atoms with Crippen LogP contribution in [0.2, 0.25) is 0 Å². The molecule has 6 heteroatoms. The van der Waals surface area contributed by atoms with Crippen LogP contribution in [0.15, 0.2) is 22.7 Å². The second-order valence-electron chi connectivity index (χ2n) is 4.95. The number of nitrogens with zero attached hydrogens (tertiary/aromatic N) is 1. The lowest BCUT2D eigenvalue weighted by Crippen LogP contribution is -2.37. The van der Waals surface area contributed by atoms with Crippen LogP contribution in [0.3, 0.4) is 0 Å². The first-order valence-electron chi connectivity index (χ1n) is 6.53. The molecule has 0 saturated heterocycles. The van der Waals surface area contributed by atoms with E-state index in [2.05, 4.69) is 27.2 Å². The van der Waals surface area contributed by atoms with Crippen molar-refractivity contribution in [3.8, 4) is 12.3 Å². The highest BCUT2D eigenvalue weighted by Gasteiger charge is 2.27. The highest BCUT2D eigenvalue weighted by atomic mass is 79.9. The van der Waals surface area contributed by atoms with Crippen LogP contribution in [-0.2, 0) is 0 Å². The van der Waals surface area contributed by atoms with E-state index in [1.165, 1.54) is 11.0 Å². The number of carbonyl (C=O) groups is 2. The normalized spacial score (nSPS) is 13.3. The lowest BCUT2D eigenvalue weighted by Gasteiger charge is -2.21. The summed E-state index contributed by atoms with van der Waals surface area (Å²) >= 11 is 3.26. The van der Waals surface area contributed by atoms with Gasteiger partial charge in [0.1, 0.15) is 0 Å². The van der Waals surface area contributed by atoms with Gasteiger partial charge in [0.15, 0.2) is 0 Å². The average Bonchev–Trinajstić information content (AvgIpc) is 3.22. The van der Waals surface area contributed by atoms with Crippen molar-refractivity contribution in [3.05, 3.63) is 28.2 Å². The van der Waals surface area contributed by atoms with Gasteiger partial charge in [0.05, 0.1) is 17.8 Å². The molecule has 1 aliphatic rings. The van der Waals surface area contributed by atoms with Crippen molar-refractivity contribution in [1.82, 2.24) is 4.90 Å². The van der Waals surface area contributed by atoms with Gasteiger partial charge in [0.2, 0.25) is 0 Å². The van der Waals surface area contributed by atoms with Gasteiger partial charge in [0, 0.05) is 11.0 Å². The van der Waals surface area contributed by atoms with Crippen LogP contribution in [0.5, 0.6) is 0 Å². The maximum absolute atomic E-state index is 12.3. The van der Waals surface area contributed by atoms with Crippen LogP contribution in [0.4, 0.5) is 10.5 Å². The molecule has 1 aliphatic carbocycles. The minimum absolute atomic E-state index is 0.0404. The van der Waals surface area contributed by atoms with Crippen LogP contribution in [0.25, 0.3) is 0 Å². The van der Waals surface area contributed by atoms with Crippen molar-refractivity contribution in [1.29, 1.82) is 0 Å². The molecule has 1 aromatic carbocycles. The third kappa shape index (κ3) is 4.23. The number of carbonyl (C=O) groups excluding carboxylic acids is 1. The van der Waals surface area contributed by atoms with Crippen LogP contribution >= 0.6 is 15.9 Å².